The molecule has 4 nitrogen and oxygen atoms in total. The van der Waals surface area contributed by atoms with Crippen LogP contribution in [0.25, 0.3) is 0 Å². The molecular formula is C16H18O4. The predicted octanol–water partition coefficient (Wildman–Crippen LogP) is 2.56. The summed E-state index contributed by atoms with van der Waals surface area (Å²) in [6.07, 6.45) is 0. The smallest absolute Gasteiger partial charge is 0.123 e. The molecule has 0 aromatic heterocycles. The minimum Gasteiger partial charge on any atom is -0.508 e. The van der Waals surface area contributed by atoms with Gasteiger partial charge in [0.15, 0.2) is 0 Å². The number of ether oxygens (including phenoxy) is 2. The molecule has 2 aromatic carbocycles. The average Bonchev–Trinajstić information content (AvgIpc) is 2.50. The van der Waals surface area contributed by atoms with Crippen LogP contribution in [0, 0.1) is 0 Å². The van der Waals surface area contributed by atoms with E-state index in [1.165, 1.54) is 0 Å². The quantitative estimate of drug-likeness (QED) is 0.850. The Morgan fingerprint density at radius 1 is 1.05 bits per heavy atom. The van der Waals surface area contributed by atoms with Crippen molar-refractivity contribution < 1.29 is 19.7 Å². The van der Waals surface area contributed by atoms with Gasteiger partial charge in [0, 0.05) is 12.0 Å². The lowest BCUT2D eigenvalue weighted by Gasteiger charge is -2.16. The Balaban J connectivity index is 2.01. The zero-order chi connectivity index (χ0) is 14.4. The Hall–Kier alpha value is -2.20. The molecule has 1 unspecified atom stereocenters. The van der Waals surface area contributed by atoms with Crippen molar-refractivity contribution in [1.29, 1.82) is 0 Å². The summed E-state index contributed by atoms with van der Waals surface area (Å²) < 4.78 is 10.8. The van der Waals surface area contributed by atoms with Gasteiger partial charge in [-0.2, -0.15) is 0 Å². The third-order valence-electron chi connectivity index (χ3n) is 3.08. The van der Waals surface area contributed by atoms with Gasteiger partial charge in [0.1, 0.15) is 17.2 Å². The van der Waals surface area contributed by atoms with E-state index in [2.05, 4.69) is 0 Å². The number of hydrogen-bond acceptors (Lipinski definition) is 4. The van der Waals surface area contributed by atoms with Gasteiger partial charge in [0.25, 0.3) is 0 Å². The molecule has 0 saturated heterocycles. The van der Waals surface area contributed by atoms with Gasteiger partial charge >= 0.3 is 0 Å². The molecular weight excluding hydrogens is 256 g/mol. The molecule has 106 valence electrons. The van der Waals surface area contributed by atoms with Crippen molar-refractivity contribution in [3.05, 3.63) is 54.1 Å². The van der Waals surface area contributed by atoms with Crippen LogP contribution in [0.1, 0.15) is 11.5 Å². The number of benzene rings is 2. The highest BCUT2D eigenvalue weighted by atomic mass is 16.5. The van der Waals surface area contributed by atoms with Crippen LogP contribution in [0.15, 0.2) is 48.5 Å². The SMILES string of the molecule is COc1cccc(OCC(CO)c2ccc(O)cc2)c1. The van der Waals surface area contributed by atoms with Crippen LogP contribution < -0.4 is 9.47 Å². The molecule has 1 atom stereocenters. The summed E-state index contributed by atoms with van der Waals surface area (Å²) in [7, 11) is 1.60. The molecule has 0 radical (unpaired) electrons. The molecule has 0 heterocycles. The molecule has 0 spiro atoms. The van der Waals surface area contributed by atoms with E-state index in [0.29, 0.717) is 12.4 Å². The Bertz CT molecular complexity index is 536. The van der Waals surface area contributed by atoms with Crippen molar-refractivity contribution in [2.75, 3.05) is 20.3 Å². The second kappa shape index (κ2) is 6.82. The van der Waals surface area contributed by atoms with Gasteiger partial charge in [-0.05, 0) is 29.8 Å². The lowest BCUT2D eigenvalue weighted by molar-refractivity contribution is 0.204. The van der Waals surface area contributed by atoms with Crippen LogP contribution >= 0.6 is 0 Å². The van der Waals surface area contributed by atoms with Gasteiger partial charge in [-0.3, -0.25) is 0 Å². The Morgan fingerprint density at radius 2 is 1.75 bits per heavy atom. The van der Waals surface area contributed by atoms with E-state index in [9.17, 15) is 10.2 Å². The normalized spacial score (nSPS) is 11.9. The van der Waals surface area contributed by atoms with Crippen LogP contribution in [-0.4, -0.2) is 30.5 Å². The number of rotatable bonds is 6. The summed E-state index contributed by atoms with van der Waals surface area (Å²) in [5.74, 6) is 1.50. The van der Waals surface area contributed by atoms with E-state index >= 15 is 0 Å². The van der Waals surface area contributed by atoms with E-state index in [-0.39, 0.29) is 18.3 Å². The second-order valence-electron chi connectivity index (χ2n) is 4.46. The zero-order valence-electron chi connectivity index (χ0n) is 11.3. The molecule has 2 N–H and O–H groups in total. The Labute approximate surface area is 118 Å². The largest absolute Gasteiger partial charge is 0.508 e. The average molecular weight is 274 g/mol. The fraction of sp³-hybridized carbons (Fsp3) is 0.250. The van der Waals surface area contributed by atoms with Crippen LogP contribution in [0.3, 0.4) is 0 Å². The minimum absolute atomic E-state index is 0.0191. The minimum atomic E-state index is -0.137. The summed E-state index contributed by atoms with van der Waals surface area (Å²) >= 11 is 0. The summed E-state index contributed by atoms with van der Waals surface area (Å²) in [5, 5.41) is 18.7. The van der Waals surface area contributed by atoms with Crippen LogP contribution in [-0.2, 0) is 0 Å². The van der Waals surface area contributed by atoms with Gasteiger partial charge in [0.2, 0.25) is 0 Å². The lowest BCUT2D eigenvalue weighted by atomic mass is 10.0. The Kier molecular flexibility index (Phi) is 4.85. The van der Waals surface area contributed by atoms with E-state index in [4.69, 9.17) is 9.47 Å². The van der Waals surface area contributed by atoms with Gasteiger partial charge in [0.05, 0.1) is 20.3 Å². The first-order valence-corrected chi connectivity index (χ1v) is 6.39. The summed E-state index contributed by atoms with van der Waals surface area (Å²) in [4.78, 5) is 0. The fourth-order valence-electron chi connectivity index (χ4n) is 1.89. The van der Waals surface area contributed by atoms with Gasteiger partial charge in [-0.15, -0.1) is 0 Å². The molecule has 2 rings (SSSR count). The summed E-state index contributed by atoms with van der Waals surface area (Å²) in [6.45, 7) is 0.336. The number of aromatic hydroxyl groups is 1. The monoisotopic (exact) mass is 274 g/mol. The van der Waals surface area contributed by atoms with E-state index < -0.39 is 0 Å². The second-order valence-corrected chi connectivity index (χ2v) is 4.46. The topological polar surface area (TPSA) is 58.9 Å². The molecule has 4 heteroatoms. The Morgan fingerprint density at radius 3 is 2.40 bits per heavy atom. The maximum atomic E-state index is 9.46. The van der Waals surface area contributed by atoms with E-state index in [0.717, 1.165) is 11.3 Å². The van der Waals surface area contributed by atoms with Crippen LogP contribution in [0.2, 0.25) is 0 Å². The third kappa shape index (κ3) is 3.65. The highest BCUT2D eigenvalue weighted by Gasteiger charge is 2.11. The first-order valence-electron chi connectivity index (χ1n) is 6.39. The number of aliphatic hydroxyl groups excluding tert-OH is 1. The summed E-state index contributed by atoms with van der Waals surface area (Å²) in [5.41, 5.74) is 0.924. The highest BCUT2D eigenvalue weighted by molar-refractivity contribution is 5.33. The molecule has 2 aromatic rings. The van der Waals surface area contributed by atoms with Crippen LogP contribution in [0.5, 0.6) is 17.2 Å². The molecule has 0 bridgehead atoms. The van der Waals surface area contributed by atoms with Crippen molar-refractivity contribution in [2.24, 2.45) is 0 Å². The maximum Gasteiger partial charge on any atom is 0.123 e. The predicted molar refractivity (Wildman–Crippen MR) is 76.4 cm³/mol. The highest BCUT2D eigenvalue weighted by Crippen LogP contribution is 2.23. The van der Waals surface area contributed by atoms with Crippen molar-refractivity contribution >= 4 is 0 Å². The van der Waals surface area contributed by atoms with Gasteiger partial charge in [-0.25, -0.2) is 0 Å². The number of methoxy groups -OCH3 is 1. The third-order valence-corrected chi connectivity index (χ3v) is 3.08. The fourth-order valence-corrected chi connectivity index (χ4v) is 1.89. The van der Waals surface area contributed by atoms with Crippen molar-refractivity contribution in [3.63, 3.8) is 0 Å². The van der Waals surface area contributed by atoms with Crippen molar-refractivity contribution in [1.82, 2.24) is 0 Å². The number of phenolic OH excluding ortho intramolecular Hbond substituents is 1. The number of hydrogen-bond donors (Lipinski definition) is 2. The molecule has 0 saturated carbocycles. The molecule has 0 amide bonds. The van der Waals surface area contributed by atoms with Gasteiger partial charge in [-0.1, -0.05) is 18.2 Å². The van der Waals surface area contributed by atoms with E-state index in [1.54, 1.807) is 37.4 Å². The molecule has 0 aliphatic carbocycles. The molecule has 20 heavy (non-hydrogen) atoms. The number of phenols is 1. The first kappa shape index (κ1) is 14.2. The molecule has 0 fully saturated rings. The lowest BCUT2D eigenvalue weighted by Crippen LogP contribution is -2.14. The van der Waals surface area contributed by atoms with Crippen LogP contribution in [0.4, 0.5) is 0 Å². The summed E-state index contributed by atoms with van der Waals surface area (Å²) in [6, 6.07) is 14.1. The standard InChI is InChI=1S/C16H18O4/c1-19-15-3-2-4-16(9-15)20-11-13(10-17)12-5-7-14(18)8-6-12/h2-9,13,17-18H,10-11H2,1H3. The van der Waals surface area contributed by atoms with Crippen molar-refractivity contribution in [2.45, 2.75) is 5.92 Å². The van der Waals surface area contributed by atoms with Crippen molar-refractivity contribution in [3.8, 4) is 17.2 Å². The number of aliphatic hydroxyl groups is 1. The van der Waals surface area contributed by atoms with E-state index in [1.807, 2.05) is 18.2 Å². The first-order chi connectivity index (χ1) is 9.72. The molecule has 0 aliphatic rings. The maximum absolute atomic E-state index is 9.46. The van der Waals surface area contributed by atoms with Gasteiger partial charge < -0.3 is 19.7 Å². The molecule has 0 aliphatic heterocycles. The zero-order valence-corrected chi connectivity index (χ0v) is 11.3.